The number of benzene rings is 2. The number of carboxylic acid groups (broad SMARTS) is 8. The maximum atomic E-state index is 14.5. The van der Waals surface area contributed by atoms with E-state index in [-0.39, 0.29) is 123 Å². The fourth-order valence-corrected chi connectivity index (χ4v) is 9.73. The van der Waals surface area contributed by atoms with E-state index >= 15 is 0 Å². The Hall–Kier alpha value is -9.95. The molecule has 2 aromatic carbocycles. The highest BCUT2D eigenvalue weighted by Crippen LogP contribution is 2.14. The lowest BCUT2D eigenvalue weighted by molar-refractivity contribution is -0.144. The summed E-state index contributed by atoms with van der Waals surface area (Å²) in [6.45, 7) is -6.11. The molecule has 538 valence electrons. The SMILES string of the molecule is CC(=O)N[C@@H](Cc1ccccc1)C(=O)N[C@@H](CCCCNC(=O)CN(CCN(CCN(CC(=O)O)CC(=O)O)CC(=O)O)CC(=O)O)C(=O)N[C@@H](Cc1ccc(O)cc1)C(=O)N[C@@H](CCCCNC(=O)CN(CCN(CCN(CC(=O)O)CC(=O)O)CC(=O)O)CC(=O)O)C(N)=O. The number of aromatic hydroxyl groups is 1. The van der Waals surface area contributed by atoms with Crippen LogP contribution in [0.3, 0.4) is 0 Å². The number of nitrogens with one attached hydrogen (secondary N) is 6. The van der Waals surface area contributed by atoms with Crippen LogP contribution in [0, 0.1) is 0 Å². The number of primary amides is 1. The monoisotopic (exact) mass is 1380 g/mol. The lowest BCUT2D eigenvalue weighted by Crippen LogP contribution is -2.58. The van der Waals surface area contributed by atoms with Gasteiger partial charge in [-0.1, -0.05) is 42.5 Å². The standard InChI is InChI=1S/C60H89N13O24/c1-39(74)64-45(27-40-9-3-2-4-10-40)59(96)66-44(12-6-8-18-63-48(77)30-71(34-52(84)85)24-20-69(32-50(80)81)22-26-73(37-55(90)91)38-56(92)93)58(95)67-46(28-41-13-15-42(75)16-14-41)60(97)65-43(57(61)94)11-5-7-17-62-47(76)29-70(33-51(82)83)23-19-68(31-49(78)79)21-25-72(35-53(86)87)36-54(88)89/h2-4,9-10,13-16,43-46,75H,5-8,11-12,17-38H2,1H3,(H2,61,94)(H,62,76)(H,63,77)(H,64,74)(H,65,97)(H,66,96)(H,67,95)(H,78,79)(H,80,81)(H,82,83)(H,84,85)(H,86,87)(H,88,89)(H,90,91)(H,92,93)/t43-,44-,45-,46-/m0/s1. The van der Waals surface area contributed by atoms with Crippen LogP contribution in [0.15, 0.2) is 54.6 Å². The Balaban J connectivity index is 2.28. The number of rotatable bonds is 54. The number of unbranched alkanes of at least 4 members (excludes halogenated alkanes) is 2. The van der Waals surface area contributed by atoms with Crippen LogP contribution in [-0.2, 0) is 84.8 Å². The summed E-state index contributed by atoms with van der Waals surface area (Å²) < 4.78 is 0. The van der Waals surface area contributed by atoms with Crippen LogP contribution >= 0.6 is 0 Å². The minimum Gasteiger partial charge on any atom is -0.508 e. The average Bonchev–Trinajstić information content (AvgIpc) is 0.889. The highest BCUT2D eigenvalue weighted by Gasteiger charge is 2.32. The highest BCUT2D eigenvalue weighted by molar-refractivity contribution is 5.95. The molecule has 2 rings (SSSR count). The summed E-state index contributed by atoms with van der Waals surface area (Å²) >= 11 is 0. The van der Waals surface area contributed by atoms with Gasteiger partial charge >= 0.3 is 47.8 Å². The van der Waals surface area contributed by atoms with Crippen LogP contribution in [0.5, 0.6) is 5.75 Å². The fraction of sp³-hybridized carbons (Fsp3) is 0.550. The van der Waals surface area contributed by atoms with E-state index in [2.05, 4.69) is 31.9 Å². The number of nitrogens with two attached hydrogens (primary N) is 1. The Morgan fingerprint density at radius 2 is 0.649 bits per heavy atom. The molecule has 37 heteroatoms. The number of hydrogen-bond acceptors (Lipinski definition) is 22. The number of phenolic OH excluding ortho intramolecular Hbond substituents is 1. The van der Waals surface area contributed by atoms with E-state index in [0.29, 0.717) is 11.1 Å². The highest BCUT2D eigenvalue weighted by atomic mass is 16.4. The van der Waals surface area contributed by atoms with Crippen LogP contribution < -0.4 is 37.6 Å². The normalized spacial score (nSPS) is 12.5. The third-order valence-corrected chi connectivity index (χ3v) is 14.3. The molecule has 0 saturated carbocycles. The molecular weight excluding hydrogens is 1290 g/mol. The van der Waals surface area contributed by atoms with E-state index < -0.39 is 179 Å². The average molecular weight is 1380 g/mol. The van der Waals surface area contributed by atoms with Crippen LogP contribution in [0.2, 0.25) is 0 Å². The smallest absolute Gasteiger partial charge is 0.317 e. The molecule has 0 aliphatic rings. The van der Waals surface area contributed by atoms with E-state index in [0.717, 1.165) is 9.80 Å². The number of phenols is 1. The van der Waals surface area contributed by atoms with Gasteiger partial charge in [0.25, 0.3) is 0 Å². The predicted octanol–water partition coefficient (Wildman–Crippen LogP) is -5.32. The Morgan fingerprint density at radius 3 is 1.00 bits per heavy atom. The molecule has 37 nitrogen and oxygen atoms in total. The van der Waals surface area contributed by atoms with Crippen molar-refractivity contribution >= 4 is 89.1 Å². The molecule has 0 spiro atoms. The molecule has 0 aliphatic heterocycles. The van der Waals surface area contributed by atoms with Crippen LogP contribution in [0.1, 0.15) is 56.6 Å². The lowest BCUT2D eigenvalue weighted by atomic mass is 10.0. The summed E-state index contributed by atoms with van der Waals surface area (Å²) in [5, 5.41) is 101. The maximum absolute atomic E-state index is 14.5. The first-order valence-corrected chi connectivity index (χ1v) is 30.7. The molecule has 17 N–H and O–H groups in total. The summed E-state index contributed by atoms with van der Waals surface area (Å²) in [5.74, 6) is -16.2. The first-order valence-electron chi connectivity index (χ1n) is 30.7. The molecule has 0 radical (unpaired) electrons. The van der Waals surface area contributed by atoms with Crippen molar-refractivity contribution in [1.82, 2.24) is 61.3 Å². The number of nitrogens with zero attached hydrogens (tertiary/aromatic N) is 6. The van der Waals surface area contributed by atoms with Gasteiger partial charge in [0, 0.05) is 85.2 Å². The zero-order valence-electron chi connectivity index (χ0n) is 53.7. The second kappa shape index (κ2) is 45.4. The molecule has 0 heterocycles. The van der Waals surface area contributed by atoms with E-state index in [1.54, 1.807) is 30.3 Å². The van der Waals surface area contributed by atoms with Gasteiger partial charge in [0.2, 0.25) is 41.4 Å². The molecule has 0 aliphatic carbocycles. The van der Waals surface area contributed by atoms with Gasteiger partial charge in [-0.2, -0.15) is 0 Å². The third-order valence-electron chi connectivity index (χ3n) is 14.3. The quantitative estimate of drug-likeness (QED) is 0.0275. The van der Waals surface area contributed by atoms with Gasteiger partial charge in [0.05, 0.1) is 65.4 Å². The maximum Gasteiger partial charge on any atom is 0.317 e. The number of carbonyl (C=O) groups excluding carboxylic acids is 7. The van der Waals surface area contributed by atoms with Crippen molar-refractivity contribution in [2.45, 2.75) is 82.5 Å². The number of hydrogen-bond donors (Lipinski definition) is 16. The molecule has 0 fully saturated rings. The van der Waals surface area contributed by atoms with Crippen molar-refractivity contribution in [3.63, 3.8) is 0 Å². The minimum atomic E-state index is -1.51. The first kappa shape index (κ1) is 83.1. The zero-order chi connectivity index (χ0) is 72.6. The Bertz CT molecular complexity index is 2930. The molecule has 0 bridgehead atoms. The van der Waals surface area contributed by atoms with Crippen molar-refractivity contribution in [1.29, 1.82) is 0 Å². The summed E-state index contributed by atoms with van der Waals surface area (Å²) in [6, 6.07) is 8.58. The van der Waals surface area contributed by atoms with E-state index in [9.17, 15) is 108 Å². The topological polar surface area (TPSA) is 556 Å². The minimum absolute atomic E-state index is 0.0169. The van der Waals surface area contributed by atoms with Gasteiger partial charge in [0.15, 0.2) is 0 Å². The zero-order valence-corrected chi connectivity index (χ0v) is 53.7. The summed E-state index contributed by atoms with van der Waals surface area (Å²) in [5.41, 5.74) is 6.79. The molecule has 4 atom stereocenters. The van der Waals surface area contributed by atoms with E-state index in [1.165, 1.54) is 50.8 Å². The van der Waals surface area contributed by atoms with Crippen molar-refractivity contribution in [2.24, 2.45) is 5.73 Å². The third kappa shape index (κ3) is 39.5. The second-order valence-electron chi connectivity index (χ2n) is 22.6. The molecule has 0 saturated heterocycles. The first-order chi connectivity index (χ1) is 45.8. The molecular formula is C60H89N13O24. The molecule has 0 unspecified atom stereocenters. The van der Waals surface area contributed by atoms with Gasteiger partial charge in [-0.15, -0.1) is 0 Å². The van der Waals surface area contributed by atoms with Gasteiger partial charge in [-0.3, -0.25) is 101 Å². The predicted molar refractivity (Wildman–Crippen MR) is 338 cm³/mol. The number of aliphatic carboxylic acids is 8. The summed E-state index contributed by atoms with van der Waals surface area (Å²) in [7, 11) is 0. The Morgan fingerprint density at radius 1 is 0.361 bits per heavy atom. The largest absolute Gasteiger partial charge is 0.508 e. The molecule has 7 amide bonds. The van der Waals surface area contributed by atoms with Gasteiger partial charge in [-0.05, 0) is 61.8 Å². The molecule has 2 aromatic rings. The van der Waals surface area contributed by atoms with Crippen molar-refractivity contribution in [2.75, 3.05) is 131 Å². The summed E-state index contributed by atoms with van der Waals surface area (Å²) in [4.78, 5) is 194. The summed E-state index contributed by atoms with van der Waals surface area (Å²) in [6.07, 6.45) is 0.0236. The molecule has 0 aromatic heterocycles. The fourth-order valence-electron chi connectivity index (χ4n) is 9.73. The van der Waals surface area contributed by atoms with Gasteiger partial charge in [-0.25, -0.2) is 0 Å². The van der Waals surface area contributed by atoms with Crippen molar-refractivity contribution in [3.05, 3.63) is 65.7 Å². The Labute approximate surface area is 557 Å². The number of amides is 7. The van der Waals surface area contributed by atoms with Crippen LogP contribution in [0.4, 0.5) is 0 Å². The number of carboxylic acids is 8. The molecule has 97 heavy (non-hydrogen) atoms. The lowest BCUT2D eigenvalue weighted by Gasteiger charge is -2.27. The van der Waals surface area contributed by atoms with E-state index in [1.807, 2.05) is 0 Å². The number of carbonyl (C=O) groups is 15. The van der Waals surface area contributed by atoms with Crippen LogP contribution in [-0.4, -0.2) is 320 Å². The van der Waals surface area contributed by atoms with Crippen molar-refractivity contribution in [3.8, 4) is 5.75 Å². The second-order valence-corrected chi connectivity index (χ2v) is 22.6. The van der Waals surface area contributed by atoms with Gasteiger partial charge in [0.1, 0.15) is 29.9 Å². The Kier molecular flexibility index (Phi) is 38.9. The van der Waals surface area contributed by atoms with Crippen LogP contribution in [0.25, 0.3) is 0 Å². The van der Waals surface area contributed by atoms with Crippen molar-refractivity contribution < 1.29 is 118 Å². The van der Waals surface area contributed by atoms with Gasteiger partial charge < -0.3 is 83.6 Å². The van der Waals surface area contributed by atoms with E-state index in [4.69, 9.17) is 15.9 Å².